The topological polar surface area (TPSA) is 84.3 Å². The first-order valence-electron chi connectivity index (χ1n) is 6.34. The molecule has 0 spiro atoms. The number of nitrogens with zero attached hydrogens (tertiary/aromatic N) is 1. The van der Waals surface area contributed by atoms with E-state index in [2.05, 4.69) is 10.6 Å². The number of hydrogen-bond donors (Lipinski definition) is 2. The molecule has 1 aliphatic rings. The van der Waals surface area contributed by atoms with Crippen LogP contribution in [-0.2, 0) is 0 Å². The molecule has 1 aromatic carbocycles. The molecule has 1 heterocycles. The Kier molecular flexibility index (Phi) is 4.11. The van der Waals surface area contributed by atoms with Gasteiger partial charge in [0, 0.05) is 29.8 Å². The average molecular weight is 263 g/mol. The molecule has 1 fully saturated rings. The maximum absolute atomic E-state index is 12.0. The van der Waals surface area contributed by atoms with Gasteiger partial charge in [-0.15, -0.1) is 0 Å². The van der Waals surface area contributed by atoms with Crippen molar-refractivity contribution in [1.29, 1.82) is 0 Å². The van der Waals surface area contributed by atoms with E-state index in [1.54, 1.807) is 19.1 Å². The molecule has 0 aromatic heterocycles. The Balaban J connectivity index is 2.10. The summed E-state index contributed by atoms with van der Waals surface area (Å²) >= 11 is 0. The second-order valence-corrected chi connectivity index (χ2v) is 4.78. The molecule has 1 aromatic rings. The van der Waals surface area contributed by atoms with Gasteiger partial charge in [0.15, 0.2) is 0 Å². The van der Waals surface area contributed by atoms with Crippen LogP contribution >= 0.6 is 0 Å². The number of carbonyl (C=O) groups is 1. The summed E-state index contributed by atoms with van der Waals surface area (Å²) in [6.07, 6.45) is 1.96. The zero-order valence-corrected chi connectivity index (χ0v) is 10.8. The highest BCUT2D eigenvalue weighted by Crippen LogP contribution is 2.19. The third kappa shape index (κ3) is 3.29. The van der Waals surface area contributed by atoms with Gasteiger partial charge in [-0.1, -0.05) is 6.07 Å². The van der Waals surface area contributed by atoms with Crippen molar-refractivity contribution in [2.75, 3.05) is 13.1 Å². The Hall–Kier alpha value is -1.95. The lowest BCUT2D eigenvalue weighted by Crippen LogP contribution is -2.45. The van der Waals surface area contributed by atoms with E-state index in [0.29, 0.717) is 11.1 Å². The van der Waals surface area contributed by atoms with Crippen molar-refractivity contribution in [2.45, 2.75) is 25.8 Å². The van der Waals surface area contributed by atoms with Gasteiger partial charge in [0.05, 0.1) is 4.92 Å². The second kappa shape index (κ2) is 5.79. The fourth-order valence-corrected chi connectivity index (χ4v) is 2.19. The fourth-order valence-electron chi connectivity index (χ4n) is 2.19. The number of hydrogen-bond acceptors (Lipinski definition) is 4. The Bertz CT molecular complexity index is 496. The standard InChI is InChI=1S/C13H17N3O3/c1-9-4-5-10(7-12(9)16(18)19)13(17)15-11-3-2-6-14-8-11/h4-5,7,11,14H,2-3,6,8H2,1H3,(H,15,17)/t11-/m1/s1. The van der Waals surface area contributed by atoms with E-state index in [1.165, 1.54) is 6.07 Å². The Morgan fingerprint density at radius 1 is 1.53 bits per heavy atom. The second-order valence-electron chi connectivity index (χ2n) is 4.78. The summed E-state index contributed by atoms with van der Waals surface area (Å²) in [5.74, 6) is -0.253. The maximum atomic E-state index is 12.0. The SMILES string of the molecule is Cc1ccc(C(=O)N[C@@H]2CCCNC2)cc1[N+](=O)[O-]. The number of nitrogens with one attached hydrogen (secondary N) is 2. The number of rotatable bonds is 3. The van der Waals surface area contributed by atoms with Crippen molar-refractivity contribution in [3.8, 4) is 0 Å². The highest BCUT2D eigenvalue weighted by molar-refractivity contribution is 5.95. The number of piperidine rings is 1. The van der Waals surface area contributed by atoms with E-state index < -0.39 is 4.92 Å². The minimum Gasteiger partial charge on any atom is -0.348 e. The van der Waals surface area contributed by atoms with Crippen LogP contribution in [0.15, 0.2) is 18.2 Å². The van der Waals surface area contributed by atoms with Crippen molar-refractivity contribution in [3.05, 3.63) is 39.4 Å². The van der Waals surface area contributed by atoms with Gasteiger partial charge in [-0.3, -0.25) is 14.9 Å². The molecule has 1 atom stereocenters. The normalized spacial score (nSPS) is 18.9. The van der Waals surface area contributed by atoms with E-state index in [1.807, 2.05) is 0 Å². The quantitative estimate of drug-likeness (QED) is 0.637. The van der Waals surface area contributed by atoms with E-state index in [-0.39, 0.29) is 17.6 Å². The summed E-state index contributed by atoms with van der Waals surface area (Å²) in [7, 11) is 0. The van der Waals surface area contributed by atoms with Gasteiger partial charge in [-0.25, -0.2) is 0 Å². The van der Waals surface area contributed by atoms with Gasteiger partial charge >= 0.3 is 0 Å². The minimum absolute atomic E-state index is 0.0191. The lowest BCUT2D eigenvalue weighted by molar-refractivity contribution is -0.385. The van der Waals surface area contributed by atoms with Gasteiger partial charge in [-0.2, -0.15) is 0 Å². The van der Waals surface area contributed by atoms with Crippen molar-refractivity contribution in [2.24, 2.45) is 0 Å². The Morgan fingerprint density at radius 2 is 2.32 bits per heavy atom. The number of carbonyl (C=O) groups excluding carboxylic acids is 1. The van der Waals surface area contributed by atoms with E-state index in [9.17, 15) is 14.9 Å². The molecule has 0 saturated carbocycles. The molecule has 2 rings (SSSR count). The molecule has 6 heteroatoms. The molecule has 1 saturated heterocycles. The van der Waals surface area contributed by atoms with Crippen LogP contribution in [0.4, 0.5) is 5.69 Å². The Morgan fingerprint density at radius 3 is 2.95 bits per heavy atom. The molecule has 1 aliphatic heterocycles. The molecular weight excluding hydrogens is 246 g/mol. The average Bonchev–Trinajstić information content (AvgIpc) is 2.40. The molecule has 0 radical (unpaired) electrons. The third-order valence-electron chi connectivity index (χ3n) is 3.30. The maximum Gasteiger partial charge on any atom is 0.273 e. The van der Waals surface area contributed by atoms with Gasteiger partial charge in [-0.05, 0) is 32.4 Å². The van der Waals surface area contributed by atoms with Crippen LogP contribution in [0, 0.1) is 17.0 Å². The molecule has 0 bridgehead atoms. The molecular formula is C13H17N3O3. The lowest BCUT2D eigenvalue weighted by atomic mass is 10.1. The number of amides is 1. The van der Waals surface area contributed by atoms with Crippen molar-refractivity contribution < 1.29 is 9.72 Å². The predicted octanol–water partition coefficient (Wildman–Crippen LogP) is 1.39. The van der Waals surface area contributed by atoms with Crippen LogP contribution in [0.5, 0.6) is 0 Å². The smallest absolute Gasteiger partial charge is 0.273 e. The zero-order valence-electron chi connectivity index (χ0n) is 10.8. The van der Waals surface area contributed by atoms with E-state index in [4.69, 9.17) is 0 Å². The van der Waals surface area contributed by atoms with E-state index in [0.717, 1.165) is 25.9 Å². The molecule has 102 valence electrons. The molecule has 2 N–H and O–H groups in total. The lowest BCUT2D eigenvalue weighted by Gasteiger charge is -2.23. The summed E-state index contributed by atoms with van der Waals surface area (Å²) in [4.78, 5) is 22.4. The third-order valence-corrected chi connectivity index (χ3v) is 3.30. The Labute approximate surface area is 111 Å². The van der Waals surface area contributed by atoms with Gasteiger partial charge < -0.3 is 10.6 Å². The summed E-state index contributed by atoms with van der Waals surface area (Å²) in [6, 6.07) is 4.66. The van der Waals surface area contributed by atoms with Crippen LogP contribution < -0.4 is 10.6 Å². The summed E-state index contributed by atoms with van der Waals surface area (Å²) in [5, 5.41) is 17.0. The summed E-state index contributed by atoms with van der Waals surface area (Å²) < 4.78 is 0. The summed E-state index contributed by atoms with van der Waals surface area (Å²) in [6.45, 7) is 3.38. The first-order valence-corrected chi connectivity index (χ1v) is 6.34. The van der Waals surface area contributed by atoms with Crippen LogP contribution in [0.1, 0.15) is 28.8 Å². The summed E-state index contributed by atoms with van der Waals surface area (Å²) in [5.41, 5.74) is 0.873. The molecule has 6 nitrogen and oxygen atoms in total. The van der Waals surface area contributed by atoms with Crippen molar-refractivity contribution >= 4 is 11.6 Å². The first-order chi connectivity index (χ1) is 9.08. The van der Waals surface area contributed by atoms with Crippen LogP contribution in [0.2, 0.25) is 0 Å². The highest BCUT2D eigenvalue weighted by atomic mass is 16.6. The van der Waals surface area contributed by atoms with Crippen LogP contribution in [-0.4, -0.2) is 30.0 Å². The first kappa shape index (κ1) is 13.5. The molecule has 0 aliphatic carbocycles. The molecule has 19 heavy (non-hydrogen) atoms. The van der Waals surface area contributed by atoms with Crippen LogP contribution in [0.25, 0.3) is 0 Å². The molecule has 0 unspecified atom stereocenters. The zero-order chi connectivity index (χ0) is 13.8. The van der Waals surface area contributed by atoms with E-state index >= 15 is 0 Å². The predicted molar refractivity (Wildman–Crippen MR) is 71.2 cm³/mol. The fraction of sp³-hybridized carbons (Fsp3) is 0.462. The number of benzene rings is 1. The molecule has 1 amide bonds. The monoisotopic (exact) mass is 263 g/mol. The minimum atomic E-state index is -0.464. The number of nitro benzene ring substituents is 1. The van der Waals surface area contributed by atoms with Gasteiger partial charge in [0.2, 0.25) is 0 Å². The highest BCUT2D eigenvalue weighted by Gasteiger charge is 2.19. The van der Waals surface area contributed by atoms with Gasteiger partial charge in [0.25, 0.3) is 11.6 Å². The largest absolute Gasteiger partial charge is 0.348 e. The van der Waals surface area contributed by atoms with Crippen molar-refractivity contribution in [3.63, 3.8) is 0 Å². The number of aryl methyl sites for hydroxylation is 1. The van der Waals surface area contributed by atoms with Gasteiger partial charge in [0.1, 0.15) is 0 Å². The van der Waals surface area contributed by atoms with Crippen LogP contribution in [0.3, 0.4) is 0 Å². The number of nitro groups is 1. The van der Waals surface area contributed by atoms with Crippen molar-refractivity contribution in [1.82, 2.24) is 10.6 Å².